The number of nitrogens with one attached hydrogen (secondary N) is 1. The van der Waals surface area contributed by atoms with Gasteiger partial charge in [-0.05, 0) is 66.4 Å². The van der Waals surface area contributed by atoms with E-state index < -0.39 is 5.60 Å². The maximum atomic E-state index is 12.6. The molecule has 2 aliphatic heterocycles. The van der Waals surface area contributed by atoms with Gasteiger partial charge in [0.25, 0.3) is 0 Å². The third kappa shape index (κ3) is 6.68. The average Bonchev–Trinajstić information content (AvgIpc) is 3.21. The predicted octanol–water partition coefficient (Wildman–Crippen LogP) is 4.72. The molecule has 1 fully saturated rings. The maximum absolute atomic E-state index is 12.6. The summed E-state index contributed by atoms with van der Waals surface area (Å²) in [6.07, 6.45) is 11.3. The first-order valence-electron chi connectivity index (χ1n) is 11.9. The number of carbonyl (C=O) groups excluding carboxylic acids is 1. The van der Waals surface area contributed by atoms with E-state index in [4.69, 9.17) is 9.73 Å². The van der Waals surface area contributed by atoms with E-state index in [1.54, 1.807) is 10.9 Å². The van der Waals surface area contributed by atoms with Crippen molar-refractivity contribution >= 4 is 23.3 Å². The number of likely N-dealkylation sites (tertiary alicyclic amines) is 1. The Bertz CT molecular complexity index is 1050. The Balaban J connectivity index is 1.84. The maximum Gasteiger partial charge on any atom is 0.410 e. The molecule has 184 valence electrons. The van der Waals surface area contributed by atoms with Crippen LogP contribution in [0.25, 0.3) is 5.70 Å². The number of hydrogen-bond acceptors (Lipinski definition) is 5. The Hall–Kier alpha value is -3.16. The fraction of sp³-hybridized carbons (Fsp3) is 0.538. The number of amidine groups is 1. The number of ether oxygens (including phenoxy) is 1. The molecule has 0 aliphatic carbocycles. The summed E-state index contributed by atoms with van der Waals surface area (Å²) in [5.74, 6) is 1.08. The van der Waals surface area contributed by atoms with Crippen LogP contribution < -0.4 is 5.32 Å². The second kappa shape index (κ2) is 10.8. The Morgan fingerprint density at radius 1 is 1.35 bits per heavy atom. The van der Waals surface area contributed by atoms with Crippen molar-refractivity contribution in [2.45, 2.75) is 60.0 Å². The van der Waals surface area contributed by atoms with Crippen LogP contribution in [0.2, 0.25) is 0 Å². The molecule has 8 heteroatoms. The van der Waals surface area contributed by atoms with Gasteiger partial charge in [0.05, 0.1) is 17.6 Å². The van der Waals surface area contributed by atoms with Crippen LogP contribution in [-0.2, 0) is 11.8 Å². The van der Waals surface area contributed by atoms with Gasteiger partial charge in [-0.1, -0.05) is 11.6 Å². The van der Waals surface area contributed by atoms with Gasteiger partial charge in [0.1, 0.15) is 11.4 Å². The monoisotopic (exact) mass is 466 g/mol. The van der Waals surface area contributed by atoms with Crippen LogP contribution in [0, 0.1) is 5.92 Å². The van der Waals surface area contributed by atoms with Crippen LogP contribution in [0.15, 0.2) is 51.9 Å². The van der Waals surface area contributed by atoms with Gasteiger partial charge in [0.2, 0.25) is 0 Å². The number of aryl methyl sites for hydroxylation is 1. The lowest BCUT2D eigenvalue weighted by atomic mass is 9.96. The standard InChI is InChI=1S/C26H38N6O2/c1-8-11-27-22-13-21(20-15-29-31(7)17-20)30-24(23(22)18(2)3)28-14-19-10-9-12-32(16-19)25(33)34-26(4,5)6/h8,11,13,15,17,19H,9-10,12,14,16H2,1-7H3,(H,28,30)/b11-8-,27-22?/t19-/m0/s1. The van der Waals surface area contributed by atoms with Gasteiger partial charge >= 0.3 is 6.09 Å². The summed E-state index contributed by atoms with van der Waals surface area (Å²) in [4.78, 5) is 24.1. The van der Waals surface area contributed by atoms with E-state index in [1.807, 2.05) is 64.2 Å². The summed E-state index contributed by atoms with van der Waals surface area (Å²) in [7, 11) is 1.90. The number of carbonyl (C=O) groups is 1. The van der Waals surface area contributed by atoms with Gasteiger partial charge < -0.3 is 15.0 Å². The number of aromatic nitrogens is 2. The minimum absolute atomic E-state index is 0.242. The highest BCUT2D eigenvalue weighted by atomic mass is 16.6. The number of hydrogen-bond donors (Lipinski definition) is 1. The largest absolute Gasteiger partial charge is 0.444 e. The van der Waals surface area contributed by atoms with Crippen molar-refractivity contribution in [1.82, 2.24) is 20.0 Å². The van der Waals surface area contributed by atoms with Crippen LogP contribution >= 0.6 is 0 Å². The molecular formula is C26H38N6O2. The molecule has 1 amide bonds. The molecule has 1 aromatic heterocycles. The summed E-state index contributed by atoms with van der Waals surface area (Å²) in [6, 6.07) is 0. The molecule has 1 aromatic rings. The van der Waals surface area contributed by atoms with E-state index in [0.717, 1.165) is 53.3 Å². The van der Waals surface area contributed by atoms with Gasteiger partial charge in [0, 0.05) is 50.2 Å². The highest BCUT2D eigenvalue weighted by molar-refractivity contribution is 6.33. The number of nitrogens with zero attached hydrogens (tertiary/aromatic N) is 5. The molecule has 1 N–H and O–H groups in total. The second-order valence-corrected chi connectivity index (χ2v) is 10.1. The van der Waals surface area contributed by atoms with Crippen molar-refractivity contribution in [1.29, 1.82) is 0 Å². The normalized spacial score (nSPS) is 21.7. The minimum atomic E-state index is -0.494. The summed E-state index contributed by atoms with van der Waals surface area (Å²) >= 11 is 0. The van der Waals surface area contributed by atoms with Crippen LogP contribution in [0.5, 0.6) is 0 Å². The molecule has 34 heavy (non-hydrogen) atoms. The van der Waals surface area contributed by atoms with Crippen LogP contribution in [-0.4, -0.2) is 57.6 Å². The van der Waals surface area contributed by atoms with Gasteiger partial charge in [-0.2, -0.15) is 5.10 Å². The second-order valence-electron chi connectivity index (χ2n) is 10.1. The van der Waals surface area contributed by atoms with Crippen LogP contribution in [0.4, 0.5) is 4.79 Å². The number of amides is 1. The van der Waals surface area contributed by atoms with Crippen molar-refractivity contribution in [3.05, 3.63) is 47.5 Å². The number of rotatable bonds is 4. The van der Waals surface area contributed by atoms with Crippen molar-refractivity contribution in [3.63, 3.8) is 0 Å². The first-order chi connectivity index (χ1) is 16.1. The Morgan fingerprint density at radius 2 is 2.12 bits per heavy atom. The van der Waals surface area contributed by atoms with Crippen molar-refractivity contribution < 1.29 is 9.53 Å². The molecule has 0 saturated carbocycles. The van der Waals surface area contributed by atoms with E-state index in [-0.39, 0.29) is 12.0 Å². The third-order valence-electron chi connectivity index (χ3n) is 5.58. The zero-order valence-corrected chi connectivity index (χ0v) is 21.6. The van der Waals surface area contributed by atoms with Gasteiger partial charge in [-0.3, -0.25) is 14.7 Å². The fourth-order valence-electron chi connectivity index (χ4n) is 4.07. The van der Waals surface area contributed by atoms with Gasteiger partial charge in [-0.25, -0.2) is 4.79 Å². The number of allylic oxidation sites excluding steroid dienone is 3. The minimum Gasteiger partial charge on any atom is -0.444 e. The van der Waals surface area contributed by atoms with Crippen LogP contribution in [0.1, 0.15) is 59.9 Å². The van der Waals surface area contributed by atoms with E-state index in [0.29, 0.717) is 13.1 Å². The highest BCUT2D eigenvalue weighted by Crippen LogP contribution is 2.24. The Labute approximate surface area is 203 Å². The third-order valence-corrected chi connectivity index (χ3v) is 5.58. The first-order valence-corrected chi connectivity index (χ1v) is 11.9. The Morgan fingerprint density at radius 3 is 2.74 bits per heavy atom. The topological polar surface area (TPSA) is 84.1 Å². The lowest BCUT2D eigenvalue weighted by Crippen LogP contribution is -2.43. The summed E-state index contributed by atoms with van der Waals surface area (Å²) in [5.41, 5.74) is 4.41. The molecule has 1 saturated heterocycles. The molecule has 3 rings (SSSR count). The molecule has 0 radical (unpaired) electrons. The van der Waals surface area contributed by atoms with Crippen molar-refractivity contribution in [3.8, 4) is 0 Å². The quantitative estimate of drug-likeness (QED) is 0.696. The molecule has 0 aromatic carbocycles. The lowest BCUT2D eigenvalue weighted by Gasteiger charge is -2.33. The highest BCUT2D eigenvalue weighted by Gasteiger charge is 2.28. The lowest BCUT2D eigenvalue weighted by molar-refractivity contribution is 0.0171. The predicted molar refractivity (Wildman–Crippen MR) is 138 cm³/mol. The van der Waals surface area contributed by atoms with Gasteiger partial charge in [-0.15, -0.1) is 0 Å². The average molecular weight is 467 g/mol. The van der Waals surface area contributed by atoms with Crippen LogP contribution in [0.3, 0.4) is 0 Å². The molecule has 1 atom stereocenters. The summed E-state index contributed by atoms with van der Waals surface area (Å²) < 4.78 is 7.36. The zero-order chi connectivity index (χ0) is 24.9. The fourth-order valence-corrected chi connectivity index (χ4v) is 4.07. The molecule has 0 bridgehead atoms. The molecule has 0 unspecified atom stereocenters. The Kier molecular flexibility index (Phi) is 8.12. The molecule has 3 heterocycles. The molecule has 8 nitrogen and oxygen atoms in total. The van der Waals surface area contributed by atoms with Crippen molar-refractivity contribution in [2.24, 2.45) is 23.0 Å². The van der Waals surface area contributed by atoms with Crippen molar-refractivity contribution in [2.75, 3.05) is 19.6 Å². The zero-order valence-electron chi connectivity index (χ0n) is 21.6. The smallest absolute Gasteiger partial charge is 0.410 e. The van der Waals surface area contributed by atoms with E-state index in [9.17, 15) is 4.79 Å². The van der Waals surface area contributed by atoms with E-state index in [2.05, 4.69) is 29.3 Å². The van der Waals surface area contributed by atoms with E-state index >= 15 is 0 Å². The van der Waals surface area contributed by atoms with Gasteiger partial charge in [0.15, 0.2) is 0 Å². The SMILES string of the molecule is C/C=C\N=C1C=C(c2cnn(C)c2)NC(=NC[C@@H]2CCCN(C(=O)OC(C)(C)C)C2)C1=C(C)C. The molecule has 2 aliphatic rings. The number of piperidine rings is 1. The molecule has 0 spiro atoms. The first kappa shape index (κ1) is 25.5. The summed E-state index contributed by atoms with van der Waals surface area (Å²) in [6.45, 7) is 13.8. The molecular weight excluding hydrogens is 428 g/mol. The number of aliphatic imine (C=N–C) groups is 2. The summed E-state index contributed by atoms with van der Waals surface area (Å²) in [5, 5.41) is 7.82. The van der Waals surface area contributed by atoms with E-state index in [1.165, 1.54) is 0 Å².